The Morgan fingerprint density at radius 1 is 1.12 bits per heavy atom. The van der Waals surface area contributed by atoms with Crippen molar-refractivity contribution in [2.45, 2.75) is 38.2 Å². The average Bonchev–Trinajstić information content (AvgIpc) is 2.90. The Bertz CT molecular complexity index is 561. The van der Waals surface area contributed by atoms with Gasteiger partial charge in [-0.25, -0.2) is 4.79 Å². The Labute approximate surface area is 161 Å². The van der Waals surface area contributed by atoms with E-state index in [0.29, 0.717) is 13.1 Å². The standard InChI is InChI=1S/C20H30ClN3O2/c21-18-7-5-17(6-8-18)9-10-22-20(25)24-13-4-14-26-19(16-24)15-23-11-2-1-3-12-23/h5-8,19H,1-4,9-16H2,(H,22,25). The lowest BCUT2D eigenvalue weighted by atomic mass is 10.1. The first-order chi connectivity index (χ1) is 12.7. The Balaban J connectivity index is 1.43. The lowest BCUT2D eigenvalue weighted by Crippen LogP contribution is -2.47. The van der Waals surface area contributed by atoms with E-state index in [1.165, 1.54) is 24.8 Å². The van der Waals surface area contributed by atoms with Gasteiger partial charge in [0.05, 0.1) is 6.10 Å². The summed E-state index contributed by atoms with van der Waals surface area (Å²) in [5.74, 6) is 0. The van der Waals surface area contributed by atoms with Crippen molar-refractivity contribution in [3.05, 3.63) is 34.9 Å². The third-order valence-electron chi connectivity index (χ3n) is 5.15. The zero-order valence-electron chi connectivity index (χ0n) is 15.5. The Hall–Kier alpha value is -1.30. The lowest BCUT2D eigenvalue weighted by Gasteiger charge is -2.31. The SMILES string of the molecule is O=C(NCCc1ccc(Cl)cc1)N1CCCOC(CN2CCCCC2)C1. The molecule has 144 valence electrons. The summed E-state index contributed by atoms with van der Waals surface area (Å²) < 4.78 is 6.00. The van der Waals surface area contributed by atoms with Crippen LogP contribution < -0.4 is 5.32 Å². The van der Waals surface area contributed by atoms with Crippen molar-refractivity contribution in [1.29, 1.82) is 0 Å². The van der Waals surface area contributed by atoms with Gasteiger partial charge >= 0.3 is 6.03 Å². The van der Waals surface area contributed by atoms with Crippen LogP contribution in [0.15, 0.2) is 24.3 Å². The van der Waals surface area contributed by atoms with Crippen LogP contribution in [0.4, 0.5) is 4.79 Å². The highest BCUT2D eigenvalue weighted by Gasteiger charge is 2.24. The fourth-order valence-electron chi connectivity index (χ4n) is 3.70. The lowest BCUT2D eigenvalue weighted by molar-refractivity contribution is 0.0256. The largest absolute Gasteiger partial charge is 0.375 e. The summed E-state index contributed by atoms with van der Waals surface area (Å²) in [6, 6.07) is 7.80. The smallest absolute Gasteiger partial charge is 0.317 e. The molecule has 6 heteroatoms. The molecule has 3 rings (SSSR count). The Kier molecular flexibility index (Phi) is 7.59. The van der Waals surface area contributed by atoms with Crippen molar-refractivity contribution >= 4 is 17.6 Å². The molecule has 0 spiro atoms. The number of likely N-dealkylation sites (tertiary alicyclic amines) is 1. The zero-order chi connectivity index (χ0) is 18.2. The number of amides is 2. The molecule has 0 radical (unpaired) electrons. The number of hydrogen-bond acceptors (Lipinski definition) is 3. The number of urea groups is 1. The van der Waals surface area contributed by atoms with Gasteiger partial charge in [0.2, 0.25) is 0 Å². The molecule has 2 heterocycles. The van der Waals surface area contributed by atoms with Crippen molar-refractivity contribution in [2.75, 3.05) is 45.9 Å². The zero-order valence-corrected chi connectivity index (χ0v) is 16.2. The maximum absolute atomic E-state index is 12.6. The molecule has 0 saturated carbocycles. The summed E-state index contributed by atoms with van der Waals surface area (Å²) in [4.78, 5) is 17.0. The second kappa shape index (κ2) is 10.1. The van der Waals surface area contributed by atoms with Crippen LogP contribution in [-0.2, 0) is 11.2 Å². The highest BCUT2D eigenvalue weighted by Crippen LogP contribution is 2.13. The van der Waals surface area contributed by atoms with Crippen molar-refractivity contribution in [1.82, 2.24) is 15.1 Å². The predicted molar refractivity (Wildman–Crippen MR) is 105 cm³/mol. The molecule has 1 N–H and O–H groups in total. The Morgan fingerprint density at radius 2 is 1.88 bits per heavy atom. The summed E-state index contributed by atoms with van der Waals surface area (Å²) in [5.41, 5.74) is 1.18. The van der Waals surface area contributed by atoms with Gasteiger partial charge in [0, 0.05) is 37.8 Å². The first-order valence-electron chi connectivity index (χ1n) is 9.82. The van der Waals surface area contributed by atoms with Gasteiger partial charge < -0.3 is 19.9 Å². The molecule has 2 amide bonds. The van der Waals surface area contributed by atoms with Crippen molar-refractivity contribution in [3.8, 4) is 0 Å². The molecule has 2 saturated heterocycles. The predicted octanol–water partition coefficient (Wildman–Crippen LogP) is 3.17. The van der Waals surface area contributed by atoms with Gasteiger partial charge in [0.25, 0.3) is 0 Å². The monoisotopic (exact) mass is 379 g/mol. The van der Waals surface area contributed by atoms with Crippen LogP contribution in [0.5, 0.6) is 0 Å². The van der Waals surface area contributed by atoms with Gasteiger partial charge in [-0.15, -0.1) is 0 Å². The number of rotatable bonds is 5. The molecule has 2 aliphatic heterocycles. The van der Waals surface area contributed by atoms with Crippen LogP contribution in [0, 0.1) is 0 Å². The third kappa shape index (κ3) is 6.15. The number of ether oxygens (including phenoxy) is 1. The molecule has 5 nitrogen and oxygen atoms in total. The molecule has 1 aromatic rings. The van der Waals surface area contributed by atoms with E-state index in [4.69, 9.17) is 16.3 Å². The van der Waals surface area contributed by atoms with Crippen LogP contribution in [-0.4, -0.2) is 67.8 Å². The molecular formula is C20H30ClN3O2. The minimum Gasteiger partial charge on any atom is -0.375 e. The fraction of sp³-hybridized carbons (Fsp3) is 0.650. The van der Waals surface area contributed by atoms with Crippen LogP contribution in [0.2, 0.25) is 5.02 Å². The van der Waals surface area contributed by atoms with Crippen molar-refractivity contribution < 1.29 is 9.53 Å². The normalized spacial score (nSPS) is 22.0. The molecule has 0 aromatic heterocycles. The van der Waals surface area contributed by atoms with Gasteiger partial charge in [0.1, 0.15) is 0 Å². The van der Waals surface area contributed by atoms with Gasteiger partial charge in [-0.1, -0.05) is 30.2 Å². The van der Waals surface area contributed by atoms with E-state index < -0.39 is 0 Å². The number of carbonyl (C=O) groups is 1. The molecule has 0 bridgehead atoms. The number of carbonyl (C=O) groups excluding carboxylic acids is 1. The van der Waals surface area contributed by atoms with Gasteiger partial charge in [-0.05, 0) is 56.5 Å². The molecular weight excluding hydrogens is 350 g/mol. The number of halogens is 1. The molecule has 1 atom stereocenters. The molecule has 2 aliphatic rings. The van der Waals surface area contributed by atoms with E-state index in [-0.39, 0.29) is 12.1 Å². The van der Waals surface area contributed by atoms with Gasteiger partial charge in [-0.3, -0.25) is 0 Å². The fourth-order valence-corrected chi connectivity index (χ4v) is 3.82. The van der Waals surface area contributed by atoms with E-state index >= 15 is 0 Å². The highest BCUT2D eigenvalue weighted by atomic mass is 35.5. The van der Waals surface area contributed by atoms with Crippen LogP contribution in [0.1, 0.15) is 31.2 Å². The first-order valence-corrected chi connectivity index (χ1v) is 10.2. The van der Waals surface area contributed by atoms with Crippen LogP contribution in [0.25, 0.3) is 0 Å². The first kappa shape index (κ1) is 19.5. The van der Waals surface area contributed by atoms with E-state index in [1.807, 2.05) is 29.2 Å². The average molecular weight is 380 g/mol. The maximum atomic E-state index is 12.6. The van der Waals surface area contributed by atoms with Gasteiger partial charge in [0.15, 0.2) is 0 Å². The van der Waals surface area contributed by atoms with E-state index in [1.54, 1.807) is 0 Å². The summed E-state index contributed by atoms with van der Waals surface area (Å²) >= 11 is 5.90. The quantitative estimate of drug-likeness (QED) is 0.854. The van der Waals surface area contributed by atoms with Gasteiger partial charge in [-0.2, -0.15) is 0 Å². The molecule has 0 aliphatic carbocycles. The minimum absolute atomic E-state index is 0.0214. The second-order valence-corrected chi connectivity index (χ2v) is 7.70. The number of nitrogens with one attached hydrogen (secondary N) is 1. The maximum Gasteiger partial charge on any atom is 0.317 e. The van der Waals surface area contributed by atoms with E-state index in [2.05, 4.69) is 10.2 Å². The van der Waals surface area contributed by atoms with E-state index in [0.717, 1.165) is 50.7 Å². The second-order valence-electron chi connectivity index (χ2n) is 7.26. The third-order valence-corrected chi connectivity index (χ3v) is 5.40. The summed E-state index contributed by atoms with van der Waals surface area (Å²) in [6.45, 7) is 6.09. The number of hydrogen-bond donors (Lipinski definition) is 1. The number of piperidine rings is 1. The molecule has 1 unspecified atom stereocenters. The topological polar surface area (TPSA) is 44.8 Å². The summed E-state index contributed by atoms with van der Waals surface area (Å²) in [6.07, 6.45) is 5.73. The Morgan fingerprint density at radius 3 is 2.65 bits per heavy atom. The molecule has 2 fully saturated rings. The number of nitrogens with zero attached hydrogens (tertiary/aromatic N) is 2. The van der Waals surface area contributed by atoms with Crippen molar-refractivity contribution in [3.63, 3.8) is 0 Å². The van der Waals surface area contributed by atoms with E-state index in [9.17, 15) is 4.79 Å². The van der Waals surface area contributed by atoms with Crippen LogP contribution in [0.3, 0.4) is 0 Å². The molecule has 26 heavy (non-hydrogen) atoms. The van der Waals surface area contributed by atoms with Crippen molar-refractivity contribution in [2.24, 2.45) is 0 Å². The highest BCUT2D eigenvalue weighted by molar-refractivity contribution is 6.30. The van der Waals surface area contributed by atoms with Crippen LogP contribution >= 0.6 is 11.6 Å². The summed E-state index contributed by atoms with van der Waals surface area (Å²) in [7, 11) is 0. The summed E-state index contributed by atoms with van der Waals surface area (Å²) in [5, 5.41) is 3.79. The number of benzene rings is 1. The minimum atomic E-state index is 0.0214. The molecule has 1 aromatic carbocycles.